The highest BCUT2D eigenvalue weighted by molar-refractivity contribution is 5.01. The Hall–Kier alpha value is -0.310. The highest BCUT2D eigenvalue weighted by atomic mass is 79.9. The van der Waals surface area contributed by atoms with E-state index in [2.05, 4.69) is 55.6 Å². The van der Waals surface area contributed by atoms with Crippen molar-refractivity contribution in [1.82, 2.24) is 4.57 Å². The van der Waals surface area contributed by atoms with Gasteiger partial charge in [0, 0.05) is 10.8 Å². The normalized spacial score (nSPS) is 33.0. The van der Waals surface area contributed by atoms with Gasteiger partial charge >= 0.3 is 0 Å². The fourth-order valence-corrected chi connectivity index (χ4v) is 2.65. The van der Waals surface area contributed by atoms with Crippen molar-refractivity contribution < 1.29 is 21.5 Å². The van der Waals surface area contributed by atoms with Crippen LogP contribution in [0.4, 0.5) is 0 Å². The lowest BCUT2D eigenvalue weighted by Crippen LogP contribution is -3.00. The summed E-state index contributed by atoms with van der Waals surface area (Å²) in [5, 5.41) is 0. The Morgan fingerprint density at radius 2 is 1.69 bits per heavy atom. The topological polar surface area (TPSA) is 8.81 Å². The smallest absolute Gasteiger partial charge is 0.244 e. The molecule has 2 nitrogen and oxygen atoms in total. The summed E-state index contributed by atoms with van der Waals surface area (Å²) in [6.07, 6.45) is 9.45. The van der Waals surface area contributed by atoms with Gasteiger partial charge in [-0.1, -0.05) is 27.7 Å². The van der Waals surface area contributed by atoms with Crippen LogP contribution in [0.3, 0.4) is 0 Å². The maximum atomic E-state index is 2.40. The predicted octanol–water partition coefficient (Wildman–Crippen LogP) is -0.278. The zero-order valence-electron chi connectivity index (χ0n) is 10.6. The second-order valence-corrected chi connectivity index (χ2v) is 6.73. The standard InChI is InChI=1S/C13H21N2.BrH/c1-12(2)7-10(12)14-5-6-15(9-14)11-8-13(11,3)4;/h5-6,9-11H,7-8H2,1-4H3;1H/q+1;/p-1. The van der Waals surface area contributed by atoms with E-state index in [4.69, 9.17) is 0 Å². The summed E-state index contributed by atoms with van der Waals surface area (Å²) in [4.78, 5) is 0. The molecular weight excluding hydrogens is 264 g/mol. The van der Waals surface area contributed by atoms with Gasteiger partial charge in [-0.3, -0.25) is 0 Å². The van der Waals surface area contributed by atoms with Crippen molar-refractivity contribution in [3.8, 4) is 0 Å². The van der Waals surface area contributed by atoms with Gasteiger partial charge in [0.15, 0.2) is 0 Å². The molecule has 2 fully saturated rings. The molecule has 16 heavy (non-hydrogen) atoms. The first-order valence-corrected chi connectivity index (χ1v) is 5.98. The molecule has 1 aromatic heterocycles. The van der Waals surface area contributed by atoms with E-state index in [0.29, 0.717) is 10.8 Å². The Labute approximate surface area is 108 Å². The summed E-state index contributed by atoms with van der Waals surface area (Å²) in [6, 6.07) is 1.47. The van der Waals surface area contributed by atoms with Gasteiger partial charge in [0.1, 0.15) is 24.5 Å². The molecule has 3 heteroatoms. The van der Waals surface area contributed by atoms with Gasteiger partial charge in [-0.05, 0) is 12.8 Å². The number of aromatic nitrogens is 2. The van der Waals surface area contributed by atoms with Gasteiger partial charge < -0.3 is 17.0 Å². The molecule has 3 rings (SSSR count). The van der Waals surface area contributed by atoms with E-state index in [0.717, 1.165) is 12.1 Å². The summed E-state index contributed by atoms with van der Waals surface area (Å²) in [5.41, 5.74) is 1.05. The van der Waals surface area contributed by atoms with Crippen molar-refractivity contribution in [2.75, 3.05) is 0 Å². The quantitative estimate of drug-likeness (QED) is 0.661. The minimum absolute atomic E-state index is 0. The Bertz CT molecular complexity index is 369. The first-order chi connectivity index (χ1) is 6.90. The van der Waals surface area contributed by atoms with Crippen LogP contribution in [-0.2, 0) is 0 Å². The van der Waals surface area contributed by atoms with Crippen molar-refractivity contribution in [1.29, 1.82) is 0 Å². The number of halogens is 1. The van der Waals surface area contributed by atoms with E-state index in [1.165, 1.54) is 12.8 Å². The average molecular weight is 285 g/mol. The highest BCUT2D eigenvalue weighted by Gasteiger charge is 2.53. The van der Waals surface area contributed by atoms with Crippen LogP contribution in [0.2, 0.25) is 0 Å². The van der Waals surface area contributed by atoms with Crippen LogP contribution in [0, 0.1) is 10.8 Å². The molecule has 2 aliphatic rings. The lowest BCUT2D eigenvalue weighted by atomic mass is 10.2. The van der Waals surface area contributed by atoms with E-state index in [1.54, 1.807) is 0 Å². The van der Waals surface area contributed by atoms with Crippen molar-refractivity contribution in [2.45, 2.75) is 52.6 Å². The number of imidazole rings is 1. The molecule has 2 saturated carbocycles. The van der Waals surface area contributed by atoms with Gasteiger partial charge in [-0.15, -0.1) is 0 Å². The molecule has 0 N–H and O–H groups in total. The van der Waals surface area contributed by atoms with Crippen LogP contribution in [0.5, 0.6) is 0 Å². The summed E-state index contributed by atoms with van der Waals surface area (Å²) in [5.74, 6) is 0. The molecule has 0 radical (unpaired) electrons. The molecule has 0 bridgehead atoms. The maximum absolute atomic E-state index is 2.40. The second-order valence-electron chi connectivity index (χ2n) is 6.73. The fraction of sp³-hybridized carbons (Fsp3) is 0.769. The lowest BCUT2D eigenvalue weighted by molar-refractivity contribution is -0.705. The van der Waals surface area contributed by atoms with Gasteiger partial charge in [0.05, 0.1) is 0 Å². The fourth-order valence-electron chi connectivity index (χ4n) is 2.65. The van der Waals surface area contributed by atoms with E-state index >= 15 is 0 Å². The molecule has 0 saturated heterocycles. The Morgan fingerprint density at radius 3 is 2.12 bits per heavy atom. The summed E-state index contributed by atoms with van der Waals surface area (Å²) >= 11 is 0. The zero-order chi connectivity index (χ0) is 10.8. The van der Waals surface area contributed by atoms with Crippen molar-refractivity contribution in [3.05, 3.63) is 18.7 Å². The average Bonchev–Trinajstić information content (AvgIpc) is 2.87. The molecule has 0 aromatic carbocycles. The first-order valence-electron chi connectivity index (χ1n) is 5.98. The third-order valence-corrected chi connectivity index (χ3v) is 4.32. The van der Waals surface area contributed by atoms with E-state index in [1.807, 2.05) is 0 Å². The highest BCUT2D eigenvalue weighted by Crippen LogP contribution is 2.56. The number of nitrogens with zero attached hydrogens (tertiary/aromatic N) is 2. The molecule has 1 aromatic rings. The Balaban J connectivity index is 0.000000963. The number of hydrogen-bond acceptors (Lipinski definition) is 0. The van der Waals surface area contributed by atoms with Crippen LogP contribution in [0.15, 0.2) is 18.7 Å². The van der Waals surface area contributed by atoms with Crippen LogP contribution in [0.25, 0.3) is 0 Å². The van der Waals surface area contributed by atoms with Gasteiger partial charge in [0.2, 0.25) is 6.33 Å². The maximum Gasteiger partial charge on any atom is 0.244 e. The minimum Gasteiger partial charge on any atom is -1.00 e. The molecule has 0 aliphatic heterocycles. The van der Waals surface area contributed by atoms with Crippen molar-refractivity contribution in [2.24, 2.45) is 10.8 Å². The molecule has 2 aliphatic carbocycles. The molecular formula is C13H21BrN2. The molecule has 0 amide bonds. The number of hydrogen-bond donors (Lipinski definition) is 0. The van der Waals surface area contributed by atoms with Crippen LogP contribution >= 0.6 is 0 Å². The molecule has 90 valence electrons. The lowest BCUT2D eigenvalue weighted by Gasteiger charge is -1.99. The van der Waals surface area contributed by atoms with E-state index < -0.39 is 0 Å². The summed E-state index contributed by atoms with van der Waals surface area (Å²) < 4.78 is 4.79. The SMILES string of the molecule is CC1(C)CC1n1cc[n+](C2CC2(C)C)c1.[Br-]. The first kappa shape index (κ1) is 12.2. The predicted molar refractivity (Wildman–Crippen MR) is 59.5 cm³/mol. The van der Waals surface area contributed by atoms with E-state index in [-0.39, 0.29) is 17.0 Å². The van der Waals surface area contributed by atoms with Crippen molar-refractivity contribution >= 4 is 0 Å². The second kappa shape index (κ2) is 3.34. The van der Waals surface area contributed by atoms with Gasteiger partial charge in [-0.2, -0.15) is 0 Å². The number of rotatable bonds is 2. The van der Waals surface area contributed by atoms with Gasteiger partial charge in [0.25, 0.3) is 0 Å². The molecule has 2 unspecified atom stereocenters. The minimum atomic E-state index is 0. The largest absolute Gasteiger partial charge is 1.00 e. The van der Waals surface area contributed by atoms with Crippen molar-refractivity contribution in [3.63, 3.8) is 0 Å². The molecule has 1 heterocycles. The van der Waals surface area contributed by atoms with Crippen LogP contribution < -0.4 is 21.5 Å². The Kier molecular flexibility index (Phi) is 2.54. The molecule has 2 atom stereocenters. The molecule has 0 spiro atoms. The zero-order valence-corrected chi connectivity index (χ0v) is 12.2. The third kappa shape index (κ3) is 1.83. The monoisotopic (exact) mass is 284 g/mol. The van der Waals surface area contributed by atoms with Crippen LogP contribution in [0.1, 0.15) is 52.6 Å². The summed E-state index contributed by atoms with van der Waals surface area (Å²) in [6.45, 7) is 9.40. The third-order valence-electron chi connectivity index (χ3n) is 4.32. The van der Waals surface area contributed by atoms with E-state index in [9.17, 15) is 0 Å². The Morgan fingerprint density at radius 1 is 1.12 bits per heavy atom. The summed E-state index contributed by atoms with van der Waals surface area (Å²) in [7, 11) is 0. The van der Waals surface area contributed by atoms with Crippen LogP contribution in [-0.4, -0.2) is 4.57 Å². The van der Waals surface area contributed by atoms with Gasteiger partial charge in [-0.25, -0.2) is 9.13 Å².